The molecule has 4 heteroatoms. The molecule has 9 aromatic rings. The Morgan fingerprint density at radius 2 is 1.20 bits per heavy atom. The van der Waals surface area contributed by atoms with E-state index >= 15 is 0 Å². The fourth-order valence-electron chi connectivity index (χ4n) is 8.43. The summed E-state index contributed by atoms with van der Waals surface area (Å²) in [5.74, 6) is 0.142. The normalized spacial score (nSPS) is 14.9. The van der Waals surface area contributed by atoms with Crippen molar-refractivity contribution in [2.75, 3.05) is 5.32 Å². The molecule has 1 aliphatic carbocycles. The van der Waals surface area contributed by atoms with Gasteiger partial charge in [-0.25, -0.2) is 0 Å². The van der Waals surface area contributed by atoms with E-state index < -0.39 is 0 Å². The summed E-state index contributed by atoms with van der Waals surface area (Å²) in [5, 5.41) is 15.3. The molecule has 0 saturated heterocycles. The molecule has 3 N–H and O–H groups in total. The molecule has 7 aromatic carbocycles. The van der Waals surface area contributed by atoms with Crippen molar-refractivity contribution in [3.05, 3.63) is 168 Å². The number of para-hydroxylation sites is 3. The minimum Gasteiger partial charge on any atom is -0.367 e. The number of aromatic nitrogens is 2. The maximum atomic E-state index is 7.26. The standard InChI is InChI=1S/C46H36N4/c47-46(32-22-25-37-36-18-9-11-21-40(36)50(43(37)28-32)33-14-2-1-3-15-33)38-19-8-10-20-39(38)48-29-49-41-26-23-30-12-4-6-16-34(30)44(41)45-35-17-7-5-13-31(35)24-27-42(45)49/h1-21,23-28,32,46,48H,22,29,47H2. The Morgan fingerprint density at radius 1 is 0.600 bits per heavy atom. The fourth-order valence-corrected chi connectivity index (χ4v) is 8.43. The van der Waals surface area contributed by atoms with Crippen molar-refractivity contribution in [3.8, 4) is 5.69 Å². The van der Waals surface area contributed by atoms with Crippen LogP contribution < -0.4 is 21.6 Å². The van der Waals surface area contributed by atoms with Crippen LogP contribution in [0.2, 0.25) is 0 Å². The number of rotatable bonds is 6. The van der Waals surface area contributed by atoms with E-state index in [0.29, 0.717) is 6.67 Å². The zero-order chi connectivity index (χ0) is 33.2. The predicted octanol–water partition coefficient (Wildman–Crippen LogP) is 9.40. The number of benzene rings is 7. The summed E-state index contributed by atoms with van der Waals surface area (Å²) in [6, 6.07) is 54.3. The highest BCUT2D eigenvalue weighted by Crippen LogP contribution is 2.39. The van der Waals surface area contributed by atoms with Gasteiger partial charge in [-0.3, -0.25) is 0 Å². The maximum Gasteiger partial charge on any atom is 0.0926 e. The fraction of sp³-hybridized carbons (Fsp3) is 0.0870. The lowest BCUT2D eigenvalue weighted by molar-refractivity contribution is 0.558. The molecule has 0 saturated carbocycles. The molecule has 2 atom stereocenters. The summed E-state index contributed by atoms with van der Waals surface area (Å²) in [7, 11) is 0. The monoisotopic (exact) mass is 644 g/mol. The first-order valence-electron chi connectivity index (χ1n) is 17.5. The average molecular weight is 645 g/mol. The van der Waals surface area contributed by atoms with Crippen LogP contribution in [0.5, 0.6) is 0 Å². The Labute approximate surface area is 290 Å². The summed E-state index contributed by atoms with van der Waals surface area (Å²) in [6.45, 7) is 0.618. The molecule has 0 bridgehead atoms. The molecule has 2 aromatic heterocycles. The van der Waals surface area contributed by atoms with E-state index in [1.54, 1.807) is 0 Å². The van der Waals surface area contributed by atoms with Gasteiger partial charge in [0.2, 0.25) is 0 Å². The molecular formula is C46H36N4. The summed E-state index contributed by atoms with van der Waals surface area (Å²) in [5.41, 5.74) is 14.3. The Balaban J connectivity index is 1.06. The van der Waals surface area contributed by atoms with Gasteiger partial charge in [0.15, 0.2) is 0 Å². The average Bonchev–Trinajstić information content (AvgIpc) is 3.70. The van der Waals surface area contributed by atoms with Gasteiger partial charge in [0.1, 0.15) is 0 Å². The van der Waals surface area contributed by atoms with Crippen LogP contribution >= 0.6 is 0 Å². The van der Waals surface area contributed by atoms with Crippen molar-refractivity contribution in [1.82, 2.24) is 9.13 Å². The number of nitrogens with zero attached hydrogens (tertiary/aromatic N) is 2. The Hall–Kier alpha value is -6.10. The first kappa shape index (κ1) is 28.9. The van der Waals surface area contributed by atoms with Gasteiger partial charge in [-0.2, -0.15) is 0 Å². The highest BCUT2D eigenvalue weighted by Gasteiger charge is 2.24. The molecule has 10 rings (SSSR count). The van der Waals surface area contributed by atoms with E-state index in [2.05, 4.69) is 178 Å². The van der Waals surface area contributed by atoms with Gasteiger partial charge < -0.3 is 20.2 Å². The number of anilines is 1. The number of hydrogen-bond donors (Lipinski definition) is 2. The van der Waals surface area contributed by atoms with E-state index in [1.165, 1.54) is 64.8 Å². The van der Waals surface area contributed by atoms with Crippen molar-refractivity contribution < 1.29 is 0 Å². The third-order valence-corrected chi connectivity index (χ3v) is 10.8. The van der Waals surface area contributed by atoms with Crippen LogP contribution in [0.4, 0.5) is 5.69 Å². The largest absolute Gasteiger partial charge is 0.367 e. The van der Waals surface area contributed by atoms with E-state index in [-0.39, 0.29) is 12.0 Å². The van der Waals surface area contributed by atoms with Gasteiger partial charge in [-0.05, 0) is 69.9 Å². The Kier molecular flexibility index (Phi) is 6.64. The summed E-state index contributed by atoms with van der Waals surface area (Å²) >= 11 is 0. The Bertz CT molecular complexity index is 2780. The van der Waals surface area contributed by atoms with Gasteiger partial charge in [0.05, 0.1) is 28.6 Å². The molecule has 0 spiro atoms. The molecule has 0 fully saturated rings. The van der Waals surface area contributed by atoms with Gasteiger partial charge >= 0.3 is 0 Å². The quantitative estimate of drug-likeness (QED) is 0.190. The second-order valence-corrected chi connectivity index (χ2v) is 13.5. The lowest BCUT2D eigenvalue weighted by Crippen LogP contribution is -2.35. The highest BCUT2D eigenvalue weighted by molar-refractivity contribution is 6.28. The number of nitrogens with two attached hydrogens (primary N) is 1. The minimum atomic E-state index is -0.184. The lowest BCUT2D eigenvalue weighted by Gasteiger charge is -2.25. The van der Waals surface area contributed by atoms with Gasteiger partial charge in [-0.15, -0.1) is 0 Å². The van der Waals surface area contributed by atoms with Crippen LogP contribution in [0.15, 0.2) is 152 Å². The van der Waals surface area contributed by atoms with Crippen molar-refractivity contribution in [2.45, 2.75) is 19.1 Å². The number of nitrogens with one attached hydrogen (secondary N) is 1. The zero-order valence-corrected chi connectivity index (χ0v) is 27.6. The van der Waals surface area contributed by atoms with Crippen LogP contribution in [-0.2, 0) is 6.67 Å². The maximum absolute atomic E-state index is 7.26. The van der Waals surface area contributed by atoms with Crippen molar-refractivity contribution in [3.63, 3.8) is 0 Å². The minimum absolute atomic E-state index is 0.142. The molecule has 2 unspecified atom stereocenters. The molecule has 0 amide bonds. The first-order chi connectivity index (χ1) is 24.7. The smallest absolute Gasteiger partial charge is 0.0926 e. The molecule has 0 aliphatic heterocycles. The number of fused-ring (bicyclic) bond motifs is 10. The summed E-state index contributed by atoms with van der Waals surface area (Å²) in [6.07, 6.45) is 5.69. The first-order valence-corrected chi connectivity index (χ1v) is 17.5. The zero-order valence-electron chi connectivity index (χ0n) is 27.6. The van der Waals surface area contributed by atoms with Crippen LogP contribution in [0.25, 0.3) is 72.1 Å². The molecule has 2 heterocycles. The van der Waals surface area contributed by atoms with Gasteiger partial charge in [0.25, 0.3) is 0 Å². The van der Waals surface area contributed by atoms with Crippen LogP contribution in [0.1, 0.15) is 18.0 Å². The van der Waals surface area contributed by atoms with Crippen LogP contribution in [0.3, 0.4) is 0 Å². The van der Waals surface area contributed by atoms with E-state index in [0.717, 1.165) is 23.4 Å². The lowest BCUT2D eigenvalue weighted by atomic mass is 9.87. The van der Waals surface area contributed by atoms with E-state index in [1.807, 2.05) is 0 Å². The highest BCUT2D eigenvalue weighted by atomic mass is 15.1. The summed E-state index contributed by atoms with van der Waals surface area (Å²) < 4.78 is 4.82. The van der Waals surface area contributed by atoms with Crippen LogP contribution in [-0.4, -0.2) is 9.13 Å². The SMILES string of the molecule is NC(c1ccccc1NCn1c2ccc3ccccc3c2c2c3ccccc3ccc21)C1C=c2c(c3ccccc3n2-c2ccccc2)=CC1. The molecule has 1 aliphatic rings. The summed E-state index contributed by atoms with van der Waals surface area (Å²) in [4.78, 5) is 0. The second kappa shape index (κ2) is 11.5. The molecule has 4 nitrogen and oxygen atoms in total. The van der Waals surface area contributed by atoms with Crippen molar-refractivity contribution in [2.24, 2.45) is 11.7 Å². The van der Waals surface area contributed by atoms with Gasteiger partial charge in [-0.1, -0.05) is 127 Å². The Morgan fingerprint density at radius 3 is 1.92 bits per heavy atom. The third kappa shape index (κ3) is 4.42. The van der Waals surface area contributed by atoms with Crippen LogP contribution in [0, 0.1) is 5.92 Å². The topological polar surface area (TPSA) is 47.9 Å². The van der Waals surface area contributed by atoms with Crippen molar-refractivity contribution in [1.29, 1.82) is 0 Å². The molecule has 240 valence electrons. The van der Waals surface area contributed by atoms with E-state index in [9.17, 15) is 0 Å². The molecule has 50 heavy (non-hydrogen) atoms. The van der Waals surface area contributed by atoms with Crippen molar-refractivity contribution >= 4 is 72.1 Å². The van der Waals surface area contributed by atoms with Gasteiger partial charge in [0, 0.05) is 44.7 Å². The molecule has 0 radical (unpaired) electrons. The predicted molar refractivity (Wildman–Crippen MR) is 211 cm³/mol. The second-order valence-electron chi connectivity index (χ2n) is 13.5. The number of hydrogen-bond acceptors (Lipinski definition) is 2. The van der Waals surface area contributed by atoms with E-state index in [4.69, 9.17) is 5.73 Å². The third-order valence-electron chi connectivity index (χ3n) is 10.8. The molecular weight excluding hydrogens is 609 g/mol.